The van der Waals surface area contributed by atoms with Gasteiger partial charge in [-0.25, -0.2) is 0 Å². The maximum absolute atomic E-state index is 3.01. The molecule has 0 aromatic heterocycles. The molecule has 0 aromatic carbocycles. The molecule has 6 atom stereocenters. The normalized spacial score (nSPS) is 29.2. The number of thioether (sulfide) groups is 4. The van der Waals surface area contributed by atoms with E-state index in [0.29, 0.717) is 0 Å². The minimum absolute atomic E-state index is 0.727. The Bertz CT molecular complexity index is 482. The first-order chi connectivity index (χ1) is 18.6. The van der Waals surface area contributed by atoms with Crippen LogP contribution in [0.3, 0.4) is 0 Å². The van der Waals surface area contributed by atoms with E-state index in [1.807, 2.05) is 0 Å². The molecule has 2 rings (SSSR count). The van der Waals surface area contributed by atoms with Crippen molar-refractivity contribution in [3.63, 3.8) is 0 Å². The molecule has 2 aliphatic rings. The Labute approximate surface area is 256 Å². The van der Waals surface area contributed by atoms with Crippen molar-refractivity contribution in [3.05, 3.63) is 0 Å². The van der Waals surface area contributed by atoms with Crippen LogP contribution in [0.4, 0.5) is 0 Å². The van der Waals surface area contributed by atoms with Gasteiger partial charge in [0, 0.05) is 13.1 Å². The van der Waals surface area contributed by atoms with Crippen LogP contribution < -0.4 is 0 Å². The maximum Gasteiger partial charge on any atom is 0.0578 e. The van der Waals surface area contributed by atoms with Gasteiger partial charge in [0.25, 0.3) is 0 Å². The molecule has 0 radical (unpaired) electrons. The van der Waals surface area contributed by atoms with E-state index in [1.165, 1.54) is 129 Å². The first-order valence-electron chi connectivity index (χ1n) is 16.7. The van der Waals surface area contributed by atoms with Gasteiger partial charge < -0.3 is 0 Å². The summed E-state index contributed by atoms with van der Waals surface area (Å²) >= 11 is 9.37. The first-order valence-corrected chi connectivity index (χ1v) is 20.5. The second-order valence-corrected chi connectivity index (χ2v) is 17.7. The molecule has 2 unspecified atom stereocenters. The van der Waals surface area contributed by atoms with Crippen LogP contribution in [0.1, 0.15) is 157 Å². The third kappa shape index (κ3) is 12.7. The zero-order valence-corrected chi connectivity index (χ0v) is 29.4. The van der Waals surface area contributed by atoms with Crippen LogP contribution in [0.5, 0.6) is 0 Å². The van der Waals surface area contributed by atoms with Crippen molar-refractivity contribution in [1.82, 2.24) is 9.80 Å². The third-order valence-electron chi connectivity index (χ3n) is 8.14. The highest BCUT2D eigenvalue weighted by Crippen LogP contribution is 2.48. The maximum atomic E-state index is 3.01. The highest BCUT2D eigenvalue weighted by atomic mass is 32.2. The smallest absolute Gasteiger partial charge is 0.0578 e. The van der Waals surface area contributed by atoms with Crippen LogP contribution in [-0.4, -0.2) is 53.5 Å². The van der Waals surface area contributed by atoms with Crippen LogP contribution in [0, 0.1) is 0 Å². The molecule has 2 saturated heterocycles. The van der Waals surface area contributed by atoms with Crippen molar-refractivity contribution >= 4 is 47.0 Å². The van der Waals surface area contributed by atoms with Crippen LogP contribution >= 0.6 is 47.0 Å². The van der Waals surface area contributed by atoms with E-state index in [-0.39, 0.29) is 0 Å². The van der Waals surface area contributed by atoms with Gasteiger partial charge in [-0.05, 0) is 38.5 Å². The van der Waals surface area contributed by atoms with Gasteiger partial charge >= 0.3 is 0 Å². The molecule has 0 saturated carbocycles. The summed E-state index contributed by atoms with van der Waals surface area (Å²) in [5.74, 6) is 0. The van der Waals surface area contributed by atoms with E-state index < -0.39 is 0 Å². The molecular weight excluding hydrogens is 541 g/mol. The molecule has 0 N–H and O–H groups in total. The molecule has 0 aliphatic carbocycles. The van der Waals surface area contributed by atoms with Gasteiger partial charge in [0.1, 0.15) is 0 Å². The van der Waals surface area contributed by atoms with Crippen molar-refractivity contribution in [2.75, 3.05) is 13.1 Å². The van der Waals surface area contributed by atoms with E-state index in [1.54, 1.807) is 0 Å². The van der Waals surface area contributed by atoms with E-state index in [2.05, 4.69) is 98.4 Å². The van der Waals surface area contributed by atoms with Crippen molar-refractivity contribution < 1.29 is 0 Å². The van der Waals surface area contributed by atoms with Crippen LogP contribution in [-0.2, 0) is 0 Å². The zero-order chi connectivity index (χ0) is 27.6. The molecule has 6 heteroatoms. The summed E-state index contributed by atoms with van der Waals surface area (Å²) in [6, 6.07) is 0. The molecule has 38 heavy (non-hydrogen) atoms. The number of hydrogen-bond acceptors (Lipinski definition) is 6. The lowest BCUT2D eigenvalue weighted by Crippen LogP contribution is -2.52. The fourth-order valence-electron chi connectivity index (χ4n) is 5.72. The second-order valence-electron chi connectivity index (χ2n) is 11.6. The monoisotopic (exact) mass is 604 g/mol. The number of unbranched alkanes of at least 4 members (excludes halogenated alkanes) is 6. The molecular formula is C32H64N2S4. The lowest BCUT2D eigenvalue weighted by Gasteiger charge is -2.48. The summed E-state index contributed by atoms with van der Waals surface area (Å²) in [6.07, 6.45) is 24.6. The largest absolute Gasteiger partial charge is 0.278 e. The fourth-order valence-corrected chi connectivity index (χ4v) is 13.4. The van der Waals surface area contributed by atoms with Gasteiger partial charge in [-0.15, -0.1) is 47.0 Å². The number of nitrogens with zero attached hydrogens (tertiary/aromatic N) is 2. The Morgan fingerprint density at radius 1 is 0.368 bits per heavy atom. The minimum Gasteiger partial charge on any atom is -0.278 e. The third-order valence-corrected chi connectivity index (χ3v) is 14.9. The van der Waals surface area contributed by atoms with E-state index >= 15 is 0 Å². The molecule has 2 heterocycles. The Morgan fingerprint density at radius 3 is 0.842 bits per heavy atom. The fraction of sp³-hybridized carbons (Fsp3) is 1.00. The van der Waals surface area contributed by atoms with E-state index in [0.717, 1.165) is 30.7 Å². The average molecular weight is 605 g/mol. The highest BCUT2D eigenvalue weighted by molar-refractivity contribution is 8.18. The SMILES string of the molecule is CCCCC1S[C@@H](CCCC)N(CCN2[C@H](CCCC)SC(CCCC)S[C@@H]2CCCC)[C@@H](CCCC)S1. The van der Waals surface area contributed by atoms with Crippen molar-refractivity contribution in [2.24, 2.45) is 0 Å². The molecule has 2 fully saturated rings. The summed E-state index contributed by atoms with van der Waals surface area (Å²) in [5.41, 5.74) is 0. The molecule has 0 spiro atoms. The summed E-state index contributed by atoms with van der Waals surface area (Å²) in [5, 5.41) is 2.91. The molecule has 0 aromatic rings. The Hall–Kier alpha value is 1.32. The van der Waals surface area contributed by atoms with E-state index in [9.17, 15) is 0 Å². The molecule has 226 valence electrons. The average Bonchev–Trinajstić information content (AvgIpc) is 2.94. The summed E-state index contributed by atoms with van der Waals surface area (Å²) in [6.45, 7) is 16.8. The molecule has 0 amide bonds. The molecule has 2 nitrogen and oxygen atoms in total. The lowest BCUT2D eigenvalue weighted by molar-refractivity contribution is 0.150. The minimum atomic E-state index is 0.727. The predicted octanol–water partition coefficient (Wildman–Crippen LogP) is 11.6. The van der Waals surface area contributed by atoms with Gasteiger partial charge in [-0.3, -0.25) is 9.80 Å². The first kappa shape index (κ1) is 35.5. The van der Waals surface area contributed by atoms with Gasteiger partial charge in [0.15, 0.2) is 0 Å². The summed E-state index contributed by atoms with van der Waals surface area (Å²) < 4.78 is 1.62. The van der Waals surface area contributed by atoms with Crippen LogP contribution in [0.25, 0.3) is 0 Å². The summed E-state index contributed by atoms with van der Waals surface area (Å²) in [7, 11) is 0. The standard InChI is InChI=1S/C32H64N2S4/c1-7-13-19-27-33(28(20-14-8-2)36-31(35-27)23-17-11-5)25-26-34-29(21-15-9-3)37-32(24-18-12-6)38-30(34)22-16-10-4/h27-32H,7-26H2,1-6H3/t27-,28+,29-,30+,31?,32?. The zero-order valence-electron chi connectivity index (χ0n) is 26.1. The van der Waals surface area contributed by atoms with Crippen molar-refractivity contribution in [1.29, 1.82) is 0 Å². The Morgan fingerprint density at radius 2 is 0.605 bits per heavy atom. The van der Waals surface area contributed by atoms with Gasteiger partial charge in [0.05, 0.1) is 30.7 Å². The number of hydrogen-bond donors (Lipinski definition) is 0. The van der Waals surface area contributed by atoms with Gasteiger partial charge in [-0.2, -0.15) is 0 Å². The second kappa shape index (κ2) is 21.9. The lowest BCUT2D eigenvalue weighted by atomic mass is 10.2. The Kier molecular flexibility index (Phi) is 20.5. The highest BCUT2D eigenvalue weighted by Gasteiger charge is 2.39. The van der Waals surface area contributed by atoms with Gasteiger partial charge in [0.2, 0.25) is 0 Å². The van der Waals surface area contributed by atoms with Crippen LogP contribution in [0.15, 0.2) is 0 Å². The van der Waals surface area contributed by atoms with E-state index in [4.69, 9.17) is 0 Å². The van der Waals surface area contributed by atoms with Gasteiger partial charge in [-0.1, -0.05) is 119 Å². The predicted molar refractivity (Wildman–Crippen MR) is 184 cm³/mol. The number of rotatable bonds is 21. The van der Waals surface area contributed by atoms with Crippen molar-refractivity contribution in [3.8, 4) is 0 Å². The van der Waals surface area contributed by atoms with Crippen LogP contribution in [0.2, 0.25) is 0 Å². The molecule has 2 aliphatic heterocycles. The Balaban J connectivity index is 2.20. The quantitative estimate of drug-likeness (QED) is 0.128. The van der Waals surface area contributed by atoms with Crippen molar-refractivity contribution in [2.45, 2.75) is 188 Å². The summed E-state index contributed by atoms with van der Waals surface area (Å²) in [4.78, 5) is 6.02. The molecule has 0 bridgehead atoms. The topological polar surface area (TPSA) is 6.48 Å².